The first-order chi connectivity index (χ1) is 12.8. The zero-order valence-corrected chi connectivity index (χ0v) is 15.6. The Hall–Kier alpha value is -1.78. The molecule has 0 fully saturated rings. The topological polar surface area (TPSA) is 72.0 Å². The quantitative estimate of drug-likeness (QED) is 0.678. The first-order valence-corrected chi connectivity index (χ1v) is 9.98. The summed E-state index contributed by atoms with van der Waals surface area (Å²) in [6.45, 7) is 0.959. The van der Waals surface area contributed by atoms with E-state index in [0.717, 1.165) is 50.3 Å². The van der Waals surface area contributed by atoms with Crippen LogP contribution in [0, 0.1) is 5.92 Å². The minimum absolute atomic E-state index is 0.275. The number of aromatic nitrogens is 2. The smallest absolute Gasteiger partial charge is 0.128 e. The Labute approximate surface area is 156 Å². The van der Waals surface area contributed by atoms with Gasteiger partial charge in [0.15, 0.2) is 0 Å². The number of benzene rings is 1. The van der Waals surface area contributed by atoms with E-state index in [1.807, 2.05) is 18.5 Å². The minimum Gasteiger partial charge on any atom is -0.396 e. The van der Waals surface area contributed by atoms with Gasteiger partial charge in [0.25, 0.3) is 0 Å². The molecule has 3 rings (SSSR count). The van der Waals surface area contributed by atoms with Crippen molar-refractivity contribution in [2.75, 3.05) is 13.2 Å². The lowest BCUT2D eigenvalue weighted by Crippen LogP contribution is -2.17. The normalized spacial score (nSPS) is 17.7. The van der Waals surface area contributed by atoms with Crippen molar-refractivity contribution in [2.24, 2.45) is 11.7 Å². The van der Waals surface area contributed by atoms with Crippen molar-refractivity contribution in [1.82, 2.24) is 9.97 Å². The summed E-state index contributed by atoms with van der Waals surface area (Å²) < 4.78 is 0. The molecule has 2 aromatic rings. The van der Waals surface area contributed by atoms with Crippen LogP contribution in [0.2, 0.25) is 0 Å². The number of unbranched alkanes of at least 4 members (excludes halogenated alkanes) is 1. The van der Waals surface area contributed by atoms with E-state index in [0.29, 0.717) is 12.5 Å². The van der Waals surface area contributed by atoms with Crippen molar-refractivity contribution >= 4 is 0 Å². The summed E-state index contributed by atoms with van der Waals surface area (Å²) >= 11 is 0. The van der Waals surface area contributed by atoms with Gasteiger partial charge in [-0.3, -0.25) is 0 Å². The Morgan fingerprint density at radius 1 is 1.15 bits per heavy atom. The van der Waals surface area contributed by atoms with Crippen LogP contribution in [0.5, 0.6) is 0 Å². The molecule has 3 N–H and O–H groups in total. The number of hydrogen-bond donors (Lipinski definition) is 2. The highest BCUT2D eigenvalue weighted by molar-refractivity contribution is 5.36. The average Bonchev–Trinajstić information content (AvgIpc) is 2.70. The molecular formula is C22H31N3O. The maximum Gasteiger partial charge on any atom is 0.128 e. The number of nitrogens with zero attached hydrogens (tertiary/aromatic N) is 2. The lowest BCUT2D eigenvalue weighted by atomic mass is 9.79. The van der Waals surface area contributed by atoms with Gasteiger partial charge in [-0.1, -0.05) is 24.6 Å². The summed E-state index contributed by atoms with van der Waals surface area (Å²) in [5, 5.41) is 8.98. The number of aliphatic hydroxyl groups excluding tert-OH is 1. The van der Waals surface area contributed by atoms with Crippen molar-refractivity contribution in [3.63, 3.8) is 0 Å². The van der Waals surface area contributed by atoms with Gasteiger partial charge in [-0.2, -0.15) is 0 Å². The number of hydrogen-bond acceptors (Lipinski definition) is 4. The largest absolute Gasteiger partial charge is 0.396 e. The Kier molecular flexibility index (Phi) is 7.15. The third-order valence-electron chi connectivity index (χ3n) is 5.67. The van der Waals surface area contributed by atoms with Crippen molar-refractivity contribution < 1.29 is 5.11 Å². The summed E-state index contributed by atoms with van der Waals surface area (Å²) in [7, 11) is 0. The highest BCUT2D eigenvalue weighted by atomic mass is 16.2. The molecule has 1 aromatic carbocycles. The molecule has 0 saturated carbocycles. The van der Waals surface area contributed by atoms with Crippen LogP contribution in [0.15, 0.2) is 36.7 Å². The fourth-order valence-corrected chi connectivity index (χ4v) is 4.07. The van der Waals surface area contributed by atoms with Crippen LogP contribution >= 0.6 is 0 Å². The molecule has 1 aromatic heterocycles. The molecule has 0 saturated heterocycles. The maximum atomic E-state index is 8.98. The summed E-state index contributed by atoms with van der Waals surface area (Å²) in [5.41, 5.74) is 10.4. The predicted octanol–water partition coefficient (Wildman–Crippen LogP) is 3.42. The van der Waals surface area contributed by atoms with Gasteiger partial charge in [0.2, 0.25) is 0 Å². The molecule has 1 heterocycles. The van der Waals surface area contributed by atoms with Gasteiger partial charge in [-0.25, -0.2) is 9.97 Å². The van der Waals surface area contributed by atoms with Crippen LogP contribution in [0.3, 0.4) is 0 Å². The van der Waals surface area contributed by atoms with Gasteiger partial charge in [0.05, 0.1) is 0 Å². The molecule has 4 nitrogen and oxygen atoms in total. The molecule has 140 valence electrons. The van der Waals surface area contributed by atoms with Crippen LogP contribution in [0.4, 0.5) is 0 Å². The van der Waals surface area contributed by atoms with E-state index in [4.69, 9.17) is 10.8 Å². The predicted molar refractivity (Wildman–Crippen MR) is 105 cm³/mol. The molecule has 0 aliphatic heterocycles. The van der Waals surface area contributed by atoms with E-state index >= 15 is 0 Å². The van der Waals surface area contributed by atoms with E-state index in [9.17, 15) is 0 Å². The highest BCUT2D eigenvalue weighted by Gasteiger charge is 2.20. The highest BCUT2D eigenvalue weighted by Crippen LogP contribution is 2.31. The maximum absolute atomic E-state index is 8.98. The number of rotatable bonds is 9. The summed E-state index contributed by atoms with van der Waals surface area (Å²) in [6, 6.07) is 8.86. The molecular weight excluding hydrogens is 322 g/mol. The second-order valence-electron chi connectivity index (χ2n) is 7.49. The van der Waals surface area contributed by atoms with Crippen LogP contribution < -0.4 is 5.73 Å². The van der Waals surface area contributed by atoms with Crippen molar-refractivity contribution in [1.29, 1.82) is 0 Å². The van der Waals surface area contributed by atoms with Gasteiger partial charge >= 0.3 is 0 Å². The standard InChI is InChI=1S/C22H31N3O/c23-16-21(4-1-2-13-26)20-9-8-18-14-17(5-7-19(18)15-20)6-10-22-24-11-3-12-25-22/h3,8-9,11-12,15,17,21,26H,1-2,4-7,10,13-14,16,23H2/t17-,21+/m1/s1. The van der Waals surface area contributed by atoms with Gasteiger partial charge in [0, 0.05) is 25.4 Å². The number of fused-ring (bicyclic) bond motifs is 1. The molecule has 0 amide bonds. The van der Waals surface area contributed by atoms with E-state index in [-0.39, 0.29) is 6.61 Å². The fourth-order valence-electron chi connectivity index (χ4n) is 4.07. The summed E-state index contributed by atoms with van der Waals surface area (Å²) in [5.74, 6) is 2.11. The van der Waals surface area contributed by atoms with E-state index in [1.54, 1.807) is 0 Å². The van der Waals surface area contributed by atoms with E-state index in [2.05, 4.69) is 28.2 Å². The fraction of sp³-hybridized carbons (Fsp3) is 0.545. The molecule has 26 heavy (non-hydrogen) atoms. The molecule has 4 heteroatoms. The van der Waals surface area contributed by atoms with Crippen LogP contribution in [-0.4, -0.2) is 28.2 Å². The third-order valence-corrected chi connectivity index (χ3v) is 5.67. The van der Waals surface area contributed by atoms with Gasteiger partial charge < -0.3 is 10.8 Å². The second kappa shape index (κ2) is 9.79. The Morgan fingerprint density at radius 2 is 2.00 bits per heavy atom. The first-order valence-electron chi connectivity index (χ1n) is 9.98. The van der Waals surface area contributed by atoms with Crippen LogP contribution in [-0.2, 0) is 19.3 Å². The molecule has 0 bridgehead atoms. The number of aliphatic hydroxyl groups is 1. The number of aryl methyl sites for hydroxylation is 2. The average molecular weight is 354 g/mol. The monoisotopic (exact) mass is 353 g/mol. The van der Waals surface area contributed by atoms with Gasteiger partial charge in [-0.15, -0.1) is 0 Å². The molecule has 2 atom stereocenters. The zero-order valence-electron chi connectivity index (χ0n) is 15.6. The van der Waals surface area contributed by atoms with Crippen LogP contribution in [0.25, 0.3) is 0 Å². The summed E-state index contributed by atoms with van der Waals surface area (Å²) in [6.07, 6.45) is 12.3. The van der Waals surface area contributed by atoms with Crippen molar-refractivity contribution in [2.45, 2.75) is 57.3 Å². The lowest BCUT2D eigenvalue weighted by Gasteiger charge is -2.26. The second-order valence-corrected chi connectivity index (χ2v) is 7.49. The molecule has 0 spiro atoms. The molecule has 1 aliphatic rings. The first kappa shape index (κ1) is 19.0. The third kappa shape index (κ3) is 5.12. The Balaban J connectivity index is 1.58. The van der Waals surface area contributed by atoms with Crippen molar-refractivity contribution in [3.8, 4) is 0 Å². The SMILES string of the molecule is NC[C@H](CCCCO)c1ccc2c(c1)CC[C@H](CCc1ncccn1)C2. The minimum atomic E-state index is 0.275. The van der Waals surface area contributed by atoms with Crippen molar-refractivity contribution in [3.05, 3.63) is 59.2 Å². The Morgan fingerprint density at radius 3 is 2.77 bits per heavy atom. The zero-order chi connectivity index (χ0) is 18.2. The lowest BCUT2D eigenvalue weighted by molar-refractivity contribution is 0.281. The molecule has 1 aliphatic carbocycles. The van der Waals surface area contributed by atoms with E-state index < -0.39 is 0 Å². The van der Waals surface area contributed by atoms with Gasteiger partial charge in [-0.05, 0) is 79.7 Å². The summed E-state index contributed by atoms with van der Waals surface area (Å²) in [4.78, 5) is 8.68. The van der Waals surface area contributed by atoms with E-state index in [1.165, 1.54) is 29.5 Å². The molecule has 0 radical (unpaired) electrons. The van der Waals surface area contributed by atoms with Gasteiger partial charge in [0.1, 0.15) is 5.82 Å². The Bertz CT molecular complexity index is 674. The van der Waals surface area contributed by atoms with Crippen LogP contribution in [0.1, 0.15) is 60.5 Å². The molecule has 0 unspecified atom stereocenters. The number of nitrogens with two attached hydrogens (primary N) is 1.